The number of nitrogens with one attached hydrogen (secondary N) is 1. The molecule has 0 saturated heterocycles. The van der Waals surface area contributed by atoms with Gasteiger partial charge in [-0.05, 0) is 53.4 Å². The highest BCUT2D eigenvalue weighted by Crippen LogP contribution is 2.28. The zero-order valence-electron chi connectivity index (χ0n) is 17.9. The van der Waals surface area contributed by atoms with Crippen LogP contribution in [0, 0.1) is 0 Å². The number of thiophene rings is 1. The van der Waals surface area contributed by atoms with E-state index in [0.717, 1.165) is 34.0 Å². The topological polar surface area (TPSA) is 78.3 Å². The summed E-state index contributed by atoms with van der Waals surface area (Å²) in [6, 6.07) is 19.7. The van der Waals surface area contributed by atoms with Gasteiger partial charge in [0.15, 0.2) is 5.82 Å². The van der Waals surface area contributed by atoms with Gasteiger partial charge in [0.25, 0.3) is 0 Å². The molecule has 4 rings (SSSR count). The van der Waals surface area contributed by atoms with E-state index in [9.17, 15) is 4.79 Å². The fraction of sp³-hybridized carbons (Fsp3) is 0.208. The number of aromatic nitrogens is 3. The van der Waals surface area contributed by atoms with Crippen molar-refractivity contribution >= 4 is 22.9 Å². The summed E-state index contributed by atoms with van der Waals surface area (Å²) in [4.78, 5) is 17.2. The Kier molecular flexibility index (Phi) is 6.81. The molecule has 0 radical (unpaired) electrons. The molecule has 0 atom stereocenters. The third-order valence-electron chi connectivity index (χ3n) is 4.83. The lowest BCUT2D eigenvalue weighted by Gasteiger charge is -2.07. The fourth-order valence-electron chi connectivity index (χ4n) is 3.09. The van der Waals surface area contributed by atoms with Crippen molar-refractivity contribution in [2.24, 2.45) is 0 Å². The summed E-state index contributed by atoms with van der Waals surface area (Å²) < 4.78 is 12.8. The first-order chi connectivity index (χ1) is 15.7. The molecule has 1 N–H and O–H groups in total. The molecule has 4 aromatic rings. The zero-order valence-corrected chi connectivity index (χ0v) is 18.8. The van der Waals surface area contributed by atoms with Crippen molar-refractivity contribution in [1.82, 2.24) is 14.8 Å². The normalized spacial score (nSPS) is 10.7. The van der Waals surface area contributed by atoms with E-state index in [1.54, 1.807) is 23.1 Å². The molecule has 1 amide bonds. The highest BCUT2D eigenvalue weighted by atomic mass is 32.1. The SMILES string of the molecule is CCC(=O)Nc1ccc(-n2nc(OCCc3ccc(OC)cc3)nc2-c2cccs2)cc1. The van der Waals surface area contributed by atoms with E-state index in [2.05, 4.69) is 15.4 Å². The number of methoxy groups -OCH3 is 1. The summed E-state index contributed by atoms with van der Waals surface area (Å²) in [6.07, 6.45) is 1.17. The Morgan fingerprint density at radius 1 is 1.09 bits per heavy atom. The number of ether oxygens (including phenoxy) is 2. The van der Waals surface area contributed by atoms with Crippen LogP contribution in [-0.4, -0.2) is 34.4 Å². The summed E-state index contributed by atoms with van der Waals surface area (Å²) in [5, 5.41) is 9.44. The van der Waals surface area contributed by atoms with Gasteiger partial charge >= 0.3 is 6.01 Å². The van der Waals surface area contributed by atoms with Crippen LogP contribution < -0.4 is 14.8 Å². The first-order valence-electron chi connectivity index (χ1n) is 10.3. The van der Waals surface area contributed by atoms with Gasteiger partial charge in [-0.25, -0.2) is 4.68 Å². The van der Waals surface area contributed by atoms with Gasteiger partial charge in [0.05, 0.1) is 24.3 Å². The molecule has 0 fully saturated rings. The number of hydrogen-bond acceptors (Lipinski definition) is 6. The van der Waals surface area contributed by atoms with Gasteiger partial charge in [-0.2, -0.15) is 4.98 Å². The highest BCUT2D eigenvalue weighted by Gasteiger charge is 2.16. The van der Waals surface area contributed by atoms with Crippen molar-refractivity contribution in [1.29, 1.82) is 0 Å². The quantitative estimate of drug-likeness (QED) is 0.391. The molecule has 7 nitrogen and oxygen atoms in total. The summed E-state index contributed by atoms with van der Waals surface area (Å²) in [6.45, 7) is 2.28. The lowest BCUT2D eigenvalue weighted by atomic mass is 10.1. The second-order valence-corrected chi connectivity index (χ2v) is 7.95. The van der Waals surface area contributed by atoms with Crippen molar-refractivity contribution < 1.29 is 14.3 Å². The average molecular weight is 449 g/mol. The number of carbonyl (C=O) groups excluding carboxylic acids is 1. The lowest BCUT2D eigenvalue weighted by molar-refractivity contribution is -0.115. The standard InChI is InChI=1S/C24H24N4O3S/c1-3-22(29)25-18-8-10-19(11-9-18)28-23(21-5-4-16-32-21)26-24(27-28)31-15-14-17-6-12-20(30-2)13-7-17/h4-13,16H,3,14-15H2,1-2H3,(H,25,29). The van der Waals surface area contributed by atoms with Crippen LogP contribution in [0.15, 0.2) is 66.0 Å². The van der Waals surface area contributed by atoms with Crippen LogP contribution in [0.3, 0.4) is 0 Å². The molecule has 164 valence electrons. The van der Waals surface area contributed by atoms with Gasteiger partial charge < -0.3 is 14.8 Å². The van der Waals surface area contributed by atoms with Crippen LogP contribution >= 0.6 is 11.3 Å². The molecule has 0 aliphatic heterocycles. The summed E-state index contributed by atoms with van der Waals surface area (Å²) in [7, 11) is 1.65. The number of rotatable bonds is 9. The maximum atomic E-state index is 11.6. The smallest absolute Gasteiger partial charge is 0.336 e. The molecule has 0 aliphatic rings. The molecular formula is C24H24N4O3S. The molecular weight excluding hydrogens is 424 g/mol. The molecule has 32 heavy (non-hydrogen) atoms. The Morgan fingerprint density at radius 2 is 1.88 bits per heavy atom. The van der Waals surface area contributed by atoms with Gasteiger partial charge in [-0.1, -0.05) is 25.1 Å². The van der Waals surface area contributed by atoms with Crippen LogP contribution in [0.2, 0.25) is 0 Å². The highest BCUT2D eigenvalue weighted by molar-refractivity contribution is 7.13. The minimum absolute atomic E-state index is 0.0228. The first-order valence-corrected chi connectivity index (χ1v) is 11.2. The van der Waals surface area contributed by atoms with Gasteiger partial charge in [0.1, 0.15) is 5.75 Å². The van der Waals surface area contributed by atoms with Crippen molar-refractivity contribution in [3.8, 4) is 28.1 Å². The number of carbonyl (C=O) groups is 1. The number of benzene rings is 2. The average Bonchev–Trinajstić information content (AvgIpc) is 3.50. The van der Waals surface area contributed by atoms with E-state index in [-0.39, 0.29) is 5.91 Å². The van der Waals surface area contributed by atoms with Crippen LogP contribution in [0.1, 0.15) is 18.9 Å². The predicted octanol–water partition coefficient (Wildman–Crippen LogP) is 4.97. The minimum Gasteiger partial charge on any atom is -0.497 e. The van der Waals surface area contributed by atoms with Crippen molar-refractivity contribution in [3.63, 3.8) is 0 Å². The molecule has 2 heterocycles. The number of hydrogen-bond donors (Lipinski definition) is 1. The van der Waals surface area contributed by atoms with Crippen LogP contribution in [-0.2, 0) is 11.2 Å². The summed E-state index contributed by atoms with van der Waals surface area (Å²) >= 11 is 1.59. The zero-order chi connectivity index (χ0) is 22.3. The van der Waals surface area contributed by atoms with E-state index in [4.69, 9.17) is 9.47 Å². The number of nitrogens with zero attached hydrogens (tertiary/aromatic N) is 3. The van der Waals surface area contributed by atoms with Gasteiger partial charge in [-0.15, -0.1) is 16.4 Å². The van der Waals surface area contributed by atoms with E-state index in [1.807, 2.05) is 73.0 Å². The maximum Gasteiger partial charge on any atom is 0.336 e. The molecule has 8 heteroatoms. The molecule has 0 saturated carbocycles. The molecule has 2 aromatic carbocycles. The third-order valence-corrected chi connectivity index (χ3v) is 5.69. The Bertz CT molecular complexity index is 1150. The maximum absolute atomic E-state index is 11.6. The van der Waals surface area contributed by atoms with E-state index >= 15 is 0 Å². The van der Waals surface area contributed by atoms with Crippen LogP contribution in [0.25, 0.3) is 16.4 Å². The second-order valence-electron chi connectivity index (χ2n) is 7.00. The van der Waals surface area contributed by atoms with E-state index in [0.29, 0.717) is 24.9 Å². The largest absolute Gasteiger partial charge is 0.497 e. The van der Waals surface area contributed by atoms with Gasteiger partial charge in [-0.3, -0.25) is 4.79 Å². The van der Waals surface area contributed by atoms with Crippen LogP contribution in [0.4, 0.5) is 5.69 Å². The van der Waals surface area contributed by atoms with Crippen LogP contribution in [0.5, 0.6) is 11.8 Å². The minimum atomic E-state index is -0.0228. The molecule has 0 aliphatic carbocycles. The number of anilines is 1. The Balaban J connectivity index is 1.51. The Labute approximate surface area is 190 Å². The van der Waals surface area contributed by atoms with Crippen molar-refractivity contribution in [3.05, 3.63) is 71.6 Å². The Hall–Kier alpha value is -3.65. The second kappa shape index (κ2) is 10.1. The Morgan fingerprint density at radius 3 is 2.53 bits per heavy atom. The molecule has 0 bridgehead atoms. The predicted molar refractivity (Wildman–Crippen MR) is 126 cm³/mol. The fourth-order valence-corrected chi connectivity index (χ4v) is 3.79. The van der Waals surface area contributed by atoms with E-state index in [1.165, 1.54) is 0 Å². The van der Waals surface area contributed by atoms with Crippen molar-refractivity contribution in [2.75, 3.05) is 19.0 Å². The van der Waals surface area contributed by atoms with E-state index < -0.39 is 0 Å². The number of amides is 1. The monoisotopic (exact) mass is 448 g/mol. The van der Waals surface area contributed by atoms with Gasteiger partial charge in [0.2, 0.25) is 5.91 Å². The van der Waals surface area contributed by atoms with Gasteiger partial charge in [0, 0.05) is 18.5 Å². The third kappa shape index (κ3) is 5.15. The lowest BCUT2D eigenvalue weighted by Crippen LogP contribution is -2.09. The molecule has 0 spiro atoms. The molecule has 2 aromatic heterocycles. The summed E-state index contributed by atoms with van der Waals surface area (Å²) in [5.41, 5.74) is 2.73. The summed E-state index contributed by atoms with van der Waals surface area (Å²) in [5.74, 6) is 1.52. The molecule has 0 unspecified atom stereocenters. The van der Waals surface area contributed by atoms with Crippen molar-refractivity contribution in [2.45, 2.75) is 19.8 Å². The first kappa shape index (κ1) is 21.6.